The highest BCUT2D eigenvalue weighted by Crippen LogP contribution is 2.38. The minimum absolute atomic E-state index is 0.0461. The van der Waals surface area contributed by atoms with E-state index in [1.54, 1.807) is 24.3 Å². The number of carboxylic acid groups (broad SMARTS) is 1. The van der Waals surface area contributed by atoms with E-state index in [0.29, 0.717) is 41.6 Å². The van der Waals surface area contributed by atoms with Crippen LogP contribution in [-0.4, -0.2) is 38.0 Å². The zero-order chi connectivity index (χ0) is 28.2. The van der Waals surface area contributed by atoms with Crippen molar-refractivity contribution in [1.29, 1.82) is 0 Å². The van der Waals surface area contributed by atoms with Gasteiger partial charge in [-0.25, -0.2) is 8.42 Å². The molecule has 1 amide bonds. The first kappa shape index (κ1) is 28.2. The number of amides is 1. The number of alkyl halides is 3. The fraction of sp³-hybridized carbons (Fsp3) is 0.286. The molecule has 206 valence electrons. The molecule has 0 aliphatic carbocycles. The molecule has 0 aromatic heterocycles. The van der Waals surface area contributed by atoms with Gasteiger partial charge in [0, 0.05) is 19.4 Å². The fourth-order valence-electron chi connectivity index (χ4n) is 4.57. The summed E-state index contributed by atoms with van der Waals surface area (Å²) >= 11 is 0. The average molecular weight is 561 g/mol. The van der Waals surface area contributed by atoms with Crippen molar-refractivity contribution in [2.45, 2.75) is 49.2 Å². The summed E-state index contributed by atoms with van der Waals surface area (Å²) in [6.07, 6.45) is -2.62. The second kappa shape index (κ2) is 11.5. The molecule has 39 heavy (non-hydrogen) atoms. The number of para-hydroxylation sites is 1. The van der Waals surface area contributed by atoms with E-state index in [-0.39, 0.29) is 24.3 Å². The number of aliphatic carboxylic acids is 1. The van der Waals surface area contributed by atoms with Crippen molar-refractivity contribution in [3.05, 3.63) is 83.9 Å². The molecule has 11 heteroatoms. The molecular formula is C28H27F3N2O5S. The highest BCUT2D eigenvalue weighted by atomic mass is 32.2. The third-order valence-corrected chi connectivity index (χ3v) is 8.37. The van der Waals surface area contributed by atoms with Crippen LogP contribution < -0.4 is 9.62 Å². The molecule has 4 rings (SSSR count). The molecule has 1 heterocycles. The van der Waals surface area contributed by atoms with Crippen LogP contribution in [0.2, 0.25) is 0 Å². The smallest absolute Gasteiger partial charge is 0.416 e. The molecule has 0 saturated carbocycles. The van der Waals surface area contributed by atoms with Gasteiger partial charge in [-0.1, -0.05) is 48.9 Å². The maximum Gasteiger partial charge on any atom is 0.416 e. The number of carboxylic acids is 1. The minimum atomic E-state index is -4.50. The normalized spacial score (nSPS) is 15.2. The molecule has 2 N–H and O–H groups in total. The van der Waals surface area contributed by atoms with Gasteiger partial charge in [-0.2, -0.15) is 13.2 Å². The number of sulfonamides is 1. The lowest BCUT2D eigenvalue weighted by Gasteiger charge is -2.26. The molecule has 3 aromatic rings. The molecule has 0 bridgehead atoms. The van der Waals surface area contributed by atoms with E-state index in [4.69, 9.17) is 5.11 Å². The van der Waals surface area contributed by atoms with Crippen LogP contribution in [0.5, 0.6) is 0 Å². The third-order valence-electron chi connectivity index (χ3n) is 6.53. The van der Waals surface area contributed by atoms with Crippen molar-refractivity contribution in [1.82, 2.24) is 5.32 Å². The van der Waals surface area contributed by atoms with Gasteiger partial charge >= 0.3 is 12.1 Å². The Hall–Kier alpha value is -3.86. The summed E-state index contributed by atoms with van der Waals surface area (Å²) in [7, 11) is -4.20. The van der Waals surface area contributed by atoms with E-state index in [1.165, 1.54) is 36.4 Å². The van der Waals surface area contributed by atoms with Gasteiger partial charge < -0.3 is 10.4 Å². The number of hydrogen-bond acceptors (Lipinski definition) is 4. The summed E-state index contributed by atoms with van der Waals surface area (Å²) in [6.45, 7) is 0.283. The number of halogens is 3. The lowest BCUT2D eigenvalue weighted by atomic mass is 10.0. The van der Waals surface area contributed by atoms with Gasteiger partial charge in [0.2, 0.25) is 5.91 Å². The molecular weight excluding hydrogens is 533 g/mol. The third kappa shape index (κ3) is 6.42. The zero-order valence-corrected chi connectivity index (χ0v) is 21.6. The van der Waals surface area contributed by atoms with Crippen molar-refractivity contribution in [2.75, 3.05) is 10.8 Å². The Morgan fingerprint density at radius 2 is 1.64 bits per heavy atom. The number of anilines is 1. The second-order valence-electron chi connectivity index (χ2n) is 9.25. The zero-order valence-electron chi connectivity index (χ0n) is 20.8. The van der Waals surface area contributed by atoms with Gasteiger partial charge in [-0.05, 0) is 59.9 Å². The number of nitrogens with one attached hydrogen (secondary N) is 1. The largest absolute Gasteiger partial charge is 0.481 e. The number of fused-ring (bicyclic) bond motifs is 1. The summed E-state index contributed by atoms with van der Waals surface area (Å²) in [5, 5.41) is 11.5. The minimum Gasteiger partial charge on any atom is -0.481 e. The Labute approximate surface area is 224 Å². The standard InChI is InChI=1S/C28H27F3N2O5S/c29-28(30,31)22-9-6-8-20(17-22)19-12-14-23(15-13-19)39(37,38)33-24-10-4-3-7-21(24)18-25(33)27(36)32-16-5-1-2-11-26(34)35/h3-4,6-10,12-15,17,25H,1-2,5,11,16,18H2,(H,32,36)(H,34,35)/t25-/m0/s1. The summed E-state index contributed by atoms with van der Waals surface area (Å²) in [4.78, 5) is 23.6. The first-order valence-electron chi connectivity index (χ1n) is 12.4. The fourth-order valence-corrected chi connectivity index (χ4v) is 6.22. The van der Waals surface area contributed by atoms with Crippen LogP contribution in [0.3, 0.4) is 0 Å². The van der Waals surface area contributed by atoms with Gasteiger partial charge in [-0.3, -0.25) is 13.9 Å². The predicted molar refractivity (Wildman–Crippen MR) is 140 cm³/mol. The number of nitrogens with zero attached hydrogens (tertiary/aromatic N) is 1. The average Bonchev–Trinajstić information content (AvgIpc) is 3.31. The molecule has 1 aliphatic rings. The van der Waals surface area contributed by atoms with Crippen molar-refractivity contribution >= 4 is 27.6 Å². The topological polar surface area (TPSA) is 104 Å². The molecule has 1 atom stereocenters. The van der Waals surface area contributed by atoms with Gasteiger partial charge in [-0.15, -0.1) is 0 Å². The molecule has 0 spiro atoms. The summed E-state index contributed by atoms with van der Waals surface area (Å²) in [5.41, 5.74) is 0.991. The Morgan fingerprint density at radius 1 is 0.923 bits per heavy atom. The first-order chi connectivity index (χ1) is 18.5. The number of unbranched alkanes of at least 4 members (excludes halogenated alkanes) is 2. The lowest BCUT2D eigenvalue weighted by molar-refractivity contribution is -0.138. The van der Waals surface area contributed by atoms with Gasteiger partial charge in [0.25, 0.3) is 10.0 Å². The summed E-state index contributed by atoms with van der Waals surface area (Å²) < 4.78 is 68.0. The molecule has 1 aliphatic heterocycles. The molecule has 0 fully saturated rings. The highest BCUT2D eigenvalue weighted by molar-refractivity contribution is 7.93. The van der Waals surface area contributed by atoms with Crippen LogP contribution >= 0.6 is 0 Å². The second-order valence-corrected chi connectivity index (χ2v) is 11.1. The monoisotopic (exact) mass is 560 g/mol. The maximum atomic E-state index is 13.8. The Morgan fingerprint density at radius 3 is 2.33 bits per heavy atom. The Bertz CT molecular complexity index is 1460. The Balaban J connectivity index is 1.55. The van der Waals surface area contributed by atoms with Crippen molar-refractivity contribution in [2.24, 2.45) is 0 Å². The van der Waals surface area contributed by atoms with Crippen LogP contribution in [0, 0.1) is 0 Å². The van der Waals surface area contributed by atoms with Crippen LogP contribution in [-0.2, 0) is 32.2 Å². The van der Waals surface area contributed by atoms with Crippen molar-refractivity contribution in [3.8, 4) is 11.1 Å². The van der Waals surface area contributed by atoms with Gasteiger partial charge in [0.1, 0.15) is 6.04 Å². The van der Waals surface area contributed by atoms with E-state index in [2.05, 4.69) is 5.32 Å². The van der Waals surface area contributed by atoms with Crippen molar-refractivity contribution in [3.63, 3.8) is 0 Å². The predicted octanol–water partition coefficient (Wildman–Crippen LogP) is 5.25. The number of benzene rings is 3. The molecule has 0 saturated heterocycles. The van der Waals surface area contributed by atoms with Gasteiger partial charge in [0.15, 0.2) is 0 Å². The number of hydrogen-bond donors (Lipinski definition) is 2. The number of carbonyl (C=O) groups is 2. The van der Waals surface area contributed by atoms with E-state index in [1.807, 2.05) is 0 Å². The van der Waals surface area contributed by atoms with E-state index < -0.39 is 39.7 Å². The van der Waals surface area contributed by atoms with Crippen LogP contribution in [0.1, 0.15) is 36.8 Å². The van der Waals surface area contributed by atoms with Crippen molar-refractivity contribution < 1.29 is 36.3 Å². The SMILES string of the molecule is O=C(O)CCCCCNC(=O)[C@@H]1Cc2ccccc2N1S(=O)(=O)c1ccc(-c2cccc(C(F)(F)F)c2)cc1. The molecule has 7 nitrogen and oxygen atoms in total. The maximum absolute atomic E-state index is 13.8. The Kier molecular flexibility index (Phi) is 8.29. The highest BCUT2D eigenvalue weighted by Gasteiger charge is 2.42. The van der Waals surface area contributed by atoms with Crippen LogP contribution in [0.15, 0.2) is 77.7 Å². The first-order valence-corrected chi connectivity index (χ1v) is 13.8. The summed E-state index contributed by atoms with van der Waals surface area (Å²) in [6, 6.07) is 16.1. The number of rotatable bonds is 10. The van der Waals surface area contributed by atoms with Crippen LogP contribution in [0.4, 0.5) is 18.9 Å². The molecule has 3 aromatic carbocycles. The quantitative estimate of drug-likeness (QED) is 0.330. The van der Waals surface area contributed by atoms with Gasteiger partial charge in [0.05, 0.1) is 16.1 Å². The van der Waals surface area contributed by atoms with Crippen LogP contribution in [0.25, 0.3) is 11.1 Å². The lowest BCUT2D eigenvalue weighted by Crippen LogP contribution is -2.48. The summed E-state index contributed by atoms with van der Waals surface area (Å²) in [5.74, 6) is -1.35. The van der Waals surface area contributed by atoms with E-state index >= 15 is 0 Å². The van der Waals surface area contributed by atoms with E-state index in [9.17, 15) is 31.2 Å². The molecule has 0 unspecified atom stereocenters. The molecule has 0 radical (unpaired) electrons. The number of carbonyl (C=O) groups excluding carboxylic acids is 1. The van der Waals surface area contributed by atoms with E-state index in [0.717, 1.165) is 16.4 Å².